The van der Waals surface area contributed by atoms with Crippen LogP contribution in [0.1, 0.15) is 491 Å². The summed E-state index contributed by atoms with van der Waals surface area (Å²) in [5.41, 5.74) is 0. The number of ether oxygens (including phenoxy) is 4. The molecule has 0 heterocycles. The van der Waals surface area contributed by atoms with Crippen molar-refractivity contribution in [3.8, 4) is 0 Å². The molecule has 0 aliphatic carbocycles. The van der Waals surface area contributed by atoms with E-state index in [4.69, 9.17) is 37.0 Å². The average molecular weight is 1610 g/mol. The third-order valence-electron chi connectivity index (χ3n) is 22.2. The van der Waals surface area contributed by atoms with Crippen molar-refractivity contribution < 1.29 is 80.2 Å². The molecular formula is C91H178O17P2. The Bertz CT molecular complexity index is 2100. The maximum atomic E-state index is 13.2. The zero-order valence-electron chi connectivity index (χ0n) is 72.6. The molecule has 3 N–H and O–H groups in total. The minimum absolute atomic E-state index is 0.107. The molecule has 7 atom stereocenters. The lowest BCUT2D eigenvalue weighted by Crippen LogP contribution is -2.30. The van der Waals surface area contributed by atoms with Crippen molar-refractivity contribution >= 4 is 39.5 Å². The summed E-state index contributed by atoms with van der Waals surface area (Å²) in [6, 6.07) is 0. The predicted octanol–water partition coefficient (Wildman–Crippen LogP) is 28.2. The topological polar surface area (TPSA) is 237 Å². The Labute approximate surface area is 677 Å². The average Bonchev–Trinajstić information content (AvgIpc) is 0.898. The lowest BCUT2D eigenvalue weighted by molar-refractivity contribution is -0.161. The molecule has 0 aliphatic heterocycles. The lowest BCUT2D eigenvalue weighted by atomic mass is 9.99. The van der Waals surface area contributed by atoms with Crippen molar-refractivity contribution in [2.24, 2.45) is 11.8 Å². The molecule has 0 aromatic rings. The molecule has 4 unspecified atom stereocenters. The van der Waals surface area contributed by atoms with Crippen LogP contribution < -0.4 is 0 Å². The minimum atomic E-state index is -4.97. The van der Waals surface area contributed by atoms with Crippen LogP contribution in [0.4, 0.5) is 0 Å². The Balaban J connectivity index is 5.24. The van der Waals surface area contributed by atoms with Crippen LogP contribution in [0, 0.1) is 11.8 Å². The number of rotatable bonds is 90. The standard InChI is InChI=1S/C91H178O17P2/c1-7-11-13-15-17-19-21-23-24-25-26-27-28-32-35-39-43-50-56-62-68-74-89(94)102-79-86(107-90(95)75-69-63-57-51-44-40-36-33-30-29-31-34-38-41-47-53-59-65-71-83(5)9-3)81-105-109(97,98)103-77-85(92)78-104-110(99,100)106-82-87(80-101-88(93)73-67-61-55-49-42-37-22-20-18-16-14-12-8-2)108-91(96)76-70-64-58-52-46-45-48-54-60-66-72-84(6)10-4/h83-87,92H,7-82H2,1-6H3,(H,97,98)(H,99,100)/t83?,84?,85-,86-,87-/m1/s1. The first-order chi connectivity index (χ1) is 53.4. The van der Waals surface area contributed by atoms with E-state index in [0.717, 1.165) is 102 Å². The fourth-order valence-corrected chi connectivity index (χ4v) is 15.8. The second-order valence-corrected chi connectivity index (χ2v) is 36.1. The third-order valence-corrected chi connectivity index (χ3v) is 24.1. The van der Waals surface area contributed by atoms with Crippen LogP contribution in [0.3, 0.4) is 0 Å². The van der Waals surface area contributed by atoms with E-state index in [1.54, 1.807) is 0 Å². The number of hydrogen-bond donors (Lipinski definition) is 3. The first-order valence-corrected chi connectivity index (χ1v) is 50.1. The number of unbranched alkanes of at least 4 members (excludes halogenated alkanes) is 58. The Morgan fingerprint density at radius 2 is 0.436 bits per heavy atom. The summed E-state index contributed by atoms with van der Waals surface area (Å²) in [5.74, 6) is -0.422. The van der Waals surface area contributed by atoms with Crippen molar-refractivity contribution in [2.45, 2.75) is 509 Å². The molecule has 0 aromatic carbocycles. The van der Waals surface area contributed by atoms with Gasteiger partial charge in [-0.2, -0.15) is 0 Å². The number of hydrogen-bond acceptors (Lipinski definition) is 15. The molecule has 17 nitrogen and oxygen atoms in total. The Morgan fingerprint density at radius 1 is 0.255 bits per heavy atom. The van der Waals surface area contributed by atoms with E-state index in [2.05, 4.69) is 41.5 Å². The highest BCUT2D eigenvalue weighted by Crippen LogP contribution is 2.45. The molecule has 0 spiro atoms. The molecule has 0 rings (SSSR count). The molecule has 0 radical (unpaired) electrons. The van der Waals surface area contributed by atoms with Gasteiger partial charge < -0.3 is 33.8 Å². The molecule has 0 aromatic heterocycles. The Hall–Kier alpha value is -1.94. The zero-order chi connectivity index (χ0) is 80.6. The SMILES string of the molecule is CCCCCCCCCCCCCCCCCCCCCCCC(=O)OC[C@H](COP(=O)(O)OC[C@@H](O)COP(=O)(O)OC[C@@H](COC(=O)CCCCCCCCCCCCCCC)OC(=O)CCCCCCCCCCCCC(C)CC)OC(=O)CCCCCCCCCCCCCCCCCCCCC(C)CC. The molecule has 0 aliphatic rings. The van der Waals surface area contributed by atoms with Gasteiger partial charge in [-0.05, 0) is 37.5 Å². The van der Waals surface area contributed by atoms with Crippen LogP contribution in [0.2, 0.25) is 0 Å². The van der Waals surface area contributed by atoms with Crippen molar-refractivity contribution in [1.29, 1.82) is 0 Å². The van der Waals surface area contributed by atoms with E-state index in [1.807, 2.05) is 0 Å². The van der Waals surface area contributed by atoms with E-state index >= 15 is 0 Å². The highest BCUT2D eigenvalue weighted by molar-refractivity contribution is 7.47. The molecule has 110 heavy (non-hydrogen) atoms. The molecule has 0 saturated heterocycles. The summed E-state index contributed by atoms with van der Waals surface area (Å²) in [6.45, 7) is 9.79. The van der Waals surface area contributed by atoms with Crippen molar-refractivity contribution in [1.82, 2.24) is 0 Å². The summed E-state index contributed by atoms with van der Waals surface area (Å²) in [4.78, 5) is 73.4. The number of phosphoric acid groups is 2. The molecule has 654 valence electrons. The van der Waals surface area contributed by atoms with Crippen LogP contribution in [-0.2, 0) is 65.4 Å². The first-order valence-electron chi connectivity index (χ1n) is 47.1. The lowest BCUT2D eigenvalue weighted by Gasteiger charge is -2.21. The summed E-state index contributed by atoms with van der Waals surface area (Å²) >= 11 is 0. The maximum absolute atomic E-state index is 13.2. The van der Waals surface area contributed by atoms with Gasteiger partial charge in [0, 0.05) is 25.7 Å². The van der Waals surface area contributed by atoms with Crippen molar-refractivity contribution in [3.05, 3.63) is 0 Å². The number of carbonyl (C=O) groups excluding carboxylic acids is 4. The number of aliphatic hydroxyl groups excluding tert-OH is 1. The molecule has 0 amide bonds. The smallest absolute Gasteiger partial charge is 0.462 e. The molecule has 19 heteroatoms. The fraction of sp³-hybridized carbons (Fsp3) is 0.956. The maximum Gasteiger partial charge on any atom is 0.472 e. The normalized spacial score (nSPS) is 14.2. The van der Waals surface area contributed by atoms with Crippen LogP contribution in [-0.4, -0.2) is 96.7 Å². The second-order valence-electron chi connectivity index (χ2n) is 33.2. The number of esters is 4. The van der Waals surface area contributed by atoms with Crippen LogP contribution in [0.15, 0.2) is 0 Å². The van der Waals surface area contributed by atoms with Gasteiger partial charge in [-0.3, -0.25) is 37.3 Å². The fourth-order valence-electron chi connectivity index (χ4n) is 14.2. The molecule has 0 saturated carbocycles. The second kappa shape index (κ2) is 82.2. The van der Waals surface area contributed by atoms with Gasteiger partial charge in [-0.1, -0.05) is 440 Å². The van der Waals surface area contributed by atoms with Gasteiger partial charge in [0.15, 0.2) is 12.2 Å². The summed E-state index contributed by atoms with van der Waals surface area (Å²) < 4.78 is 69.1. The van der Waals surface area contributed by atoms with Crippen LogP contribution in [0.25, 0.3) is 0 Å². The Morgan fingerprint density at radius 3 is 0.645 bits per heavy atom. The van der Waals surface area contributed by atoms with E-state index in [-0.39, 0.29) is 25.7 Å². The highest BCUT2D eigenvalue weighted by atomic mass is 31.2. The van der Waals surface area contributed by atoms with E-state index in [0.29, 0.717) is 25.7 Å². The van der Waals surface area contributed by atoms with Gasteiger partial charge in [0.1, 0.15) is 19.3 Å². The van der Waals surface area contributed by atoms with Gasteiger partial charge >= 0.3 is 39.5 Å². The molecule has 0 bridgehead atoms. The number of carbonyl (C=O) groups is 4. The largest absolute Gasteiger partial charge is 0.472 e. The van der Waals surface area contributed by atoms with Crippen molar-refractivity contribution in [2.75, 3.05) is 39.6 Å². The summed E-state index contributed by atoms with van der Waals surface area (Å²) in [7, 11) is -9.94. The highest BCUT2D eigenvalue weighted by Gasteiger charge is 2.31. The first kappa shape index (κ1) is 108. The summed E-state index contributed by atoms with van der Waals surface area (Å²) in [6.07, 6.45) is 76.3. The molecule has 0 fully saturated rings. The molecular weight excluding hydrogens is 1430 g/mol. The quantitative estimate of drug-likeness (QED) is 0.0222. The van der Waals surface area contributed by atoms with Gasteiger partial charge in [0.2, 0.25) is 0 Å². The number of aliphatic hydroxyl groups is 1. The zero-order valence-corrected chi connectivity index (χ0v) is 74.4. The third kappa shape index (κ3) is 81.2. The van der Waals surface area contributed by atoms with E-state index in [1.165, 1.54) is 308 Å². The van der Waals surface area contributed by atoms with Crippen LogP contribution in [0.5, 0.6) is 0 Å². The van der Waals surface area contributed by atoms with E-state index in [9.17, 15) is 43.2 Å². The number of phosphoric ester groups is 2. The van der Waals surface area contributed by atoms with E-state index < -0.39 is 97.5 Å². The van der Waals surface area contributed by atoms with Gasteiger partial charge in [-0.15, -0.1) is 0 Å². The van der Waals surface area contributed by atoms with Crippen LogP contribution >= 0.6 is 15.6 Å². The van der Waals surface area contributed by atoms with Gasteiger partial charge in [0.25, 0.3) is 0 Å². The van der Waals surface area contributed by atoms with Gasteiger partial charge in [0.05, 0.1) is 26.4 Å². The monoisotopic (exact) mass is 1610 g/mol. The predicted molar refractivity (Wildman–Crippen MR) is 455 cm³/mol. The van der Waals surface area contributed by atoms with Gasteiger partial charge in [-0.25, -0.2) is 9.13 Å². The summed E-state index contributed by atoms with van der Waals surface area (Å²) in [5, 5.41) is 10.7. The Kier molecular flexibility index (Phi) is 80.7. The van der Waals surface area contributed by atoms with Crippen molar-refractivity contribution in [3.63, 3.8) is 0 Å². The minimum Gasteiger partial charge on any atom is -0.462 e.